The molecule has 0 unspecified atom stereocenters. The van der Waals surface area contributed by atoms with Crippen molar-refractivity contribution < 1.29 is 0 Å². The van der Waals surface area contributed by atoms with Gasteiger partial charge in [-0.3, -0.25) is 9.58 Å². The molecular formula is C14H23N5S. The van der Waals surface area contributed by atoms with Gasteiger partial charge in [0.25, 0.3) is 0 Å². The van der Waals surface area contributed by atoms with Gasteiger partial charge in [-0.2, -0.15) is 5.10 Å². The highest BCUT2D eigenvalue weighted by molar-refractivity contribution is 7.09. The molecule has 6 heteroatoms. The summed E-state index contributed by atoms with van der Waals surface area (Å²) in [5, 5.41) is 10.9. The maximum atomic E-state index is 4.66. The van der Waals surface area contributed by atoms with Crippen LogP contribution in [-0.4, -0.2) is 32.8 Å². The molecule has 0 radical (unpaired) electrons. The summed E-state index contributed by atoms with van der Waals surface area (Å²) in [5.41, 5.74) is 2.37. The van der Waals surface area contributed by atoms with Gasteiger partial charge in [-0.1, -0.05) is 13.8 Å². The molecule has 2 aromatic rings. The number of rotatable bonds is 7. The van der Waals surface area contributed by atoms with E-state index in [1.165, 1.54) is 5.56 Å². The molecule has 0 saturated carbocycles. The van der Waals surface area contributed by atoms with E-state index >= 15 is 0 Å². The molecule has 0 atom stereocenters. The highest BCUT2D eigenvalue weighted by Crippen LogP contribution is 2.12. The van der Waals surface area contributed by atoms with Gasteiger partial charge in [0.2, 0.25) is 0 Å². The Hall–Kier alpha value is -1.24. The SMILES string of the molecule is CC(C)NCc1nc(CN(C)Cc2cnn(C)c2)cs1. The lowest BCUT2D eigenvalue weighted by molar-refractivity contribution is 0.315. The number of aryl methyl sites for hydroxylation is 1. The molecule has 0 fully saturated rings. The van der Waals surface area contributed by atoms with Crippen LogP contribution in [0.4, 0.5) is 0 Å². The Labute approximate surface area is 124 Å². The van der Waals surface area contributed by atoms with Crippen molar-refractivity contribution in [1.29, 1.82) is 0 Å². The topological polar surface area (TPSA) is 46.0 Å². The van der Waals surface area contributed by atoms with E-state index in [1.54, 1.807) is 11.3 Å². The second kappa shape index (κ2) is 6.97. The Morgan fingerprint density at radius 3 is 2.85 bits per heavy atom. The van der Waals surface area contributed by atoms with Crippen molar-refractivity contribution in [1.82, 2.24) is 25.0 Å². The molecule has 0 aliphatic heterocycles. The van der Waals surface area contributed by atoms with Crippen molar-refractivity contribution in [3.8, 4) is 0 Å². The van der Waals surface area contributed by atoms with Gasteiger partial charge in [-0.05, 0) is 7.05 Å². The summed E-state index contributed by atoms with van der Waals surface area (Å²) >= 11 is 1.73. The average Bonchev–Trinajstić information content (AvgIpc) is 2.96. The fourth-order valence-corrected chi connectivity index (χ4v) is 2.73. The molecule has 2 heterocycles. The third-order valence-electron chi connectivity index (χ3n) is 2.90. The van der Waals surface area contributed by atoms with Crippen LogP contribution >= 0.6 is 11.3 Å². The molecule has 0 saturated heterocycles. The number of thiazole rings is 1. The zero-order chi connectivity index (χ0) is 14.5. The smallest absolute Gasteiger partial charge is 0.107 e. The van der Waals surface area contributed by atoms with Crippen molar-refractivity contribution in [2.45, 2.75) is 39.5 Å². The van der Waals surface area contributed by atoms with Crippen LogP contribution in [0.2, 0.25) is 0 Å². The van der Waals surface area contributed by atoms with Crippen LogP contribution in [0, 0.1) is 0 Å². The van der Waals surface area contributed by atoms with E-state index < -0.39 is 0 Å². The molecular weight excluding hydrogens is 270 g/mol. The van der Waals surface area contributed by atoms with Gasteiger partial charge >= 0.3 is 0 Å². The monoisotopic (exact) mass is 293 g/mol. The predicted octanol–water partition coefficient (Wildman–Crippen LogP) is 2.01. The summed E-state index contributed by atoms with van der Waals surface area (Å²) in [5.74, 6) is 0. The number of hydrogen-bond donors (Lipinski definition) is 1. The number of nitrogens with one attached hydrogen (secondary N) is 1. The van der Waals surface area contributed by atoms with Crippen LogP contribution in [0.3, 0.4) is 0 Å². The normalized spacial score (nSPS) is 11.7. The van der Waals surface area contributed by atoms with Crippen LogP contribution in [0.15, 0.2) is 17.8 Å². The lowest BCUT2D eigenvalue weighted by Gasteiger charge is -2.13. The Morgan fingerprint density at radius 1 is 1.40 bits per heavy atom. The second-order valence-corrected chi connectivity index (χ2v) is 6.41. The summed E-state index contributed by atoms with van der Waals surface area (Å²) in [6.45, 7) is 6.92. The van der Waals surface area contributed by atoms with Crippen molar-refractivity contribution in [3.63, 3.8) is 0 Å². The molecule has 0 aromatic carbocycles. The van der Waals surface area contributed by atoms with Gasteiger partial charge < -0.3 is 5.32 Å². The lowest BCUT2D eigenvalue weighted by Crippen LogP contribution is -2.22. The van der Waals surface area contributed by atoms with E-state index in [0.717, 1.165) is 30.3 Å². The second-order valence-electron chi connectivity index (χ2n) is 5.46. The minimum atomic E-state index is 0.496. The van der Waals surface area contributed by atoms with Gasteiger partial charge in [-0.15, -0.1) is 11.3 Å². The Balaban J connectivity index is 1.83. The summed E-state index contributed by atoms with van der Waals surface area (Å²) < 4.78 is 1.84. The maximum Gasteiger partial charge on any atom is 0.107 e. The molecule has 2 aromatic heterocycles. The maximum absolute atomic E-state index is 4.66. The van der Waals surface area contributed by atoms with Gasteiger partial charge in [0, 0.05) is 49.9 Å². The standard InChI is InChI=1S/C14H23N5S/c1-11(2)15-6-14-17-13(10-20-14)9-18(3)7-12-5-16-19(4)8-12/h5,8,10-11,15H,6-7,9H2,1-4H3. The average molecular weight is 293 g/mol. The van der Waals surface area contributed by atoms with Crippen molar-refractivity contribution in [2.24, 2.45) is 7.05 Å². The first-order chi connectivity index (χ1) is 9.52. The van der Waals surface area contributed by atoms with Gasteiger partial charge in [0.15, 0.2) is 0 Å². The predicted molar refractivity (Wildman–Crippen MR) is 82.5 cm³/mol. The quantitative estimate of drug-likeness (QED) is 0.848. The first-order valence-electron chi connectivity index (χ1n) is 6.85. The third-order valence-corrected chi connectivity index (χ3v) is 3.80. The largest absolute Gasteiger partial charge is 0.308 e. The van der Waals surface area contributed by atoms with Crippen LogP contribution < -0.4 is 5.32 Å². The fourth-order valence-electron chi connectivity index (χ4n) is 1.99. The molecule has 110 valence electrons. The molecule has 0 aliphatic carbocycles. The van der Waals surface area contributed by atoms with E-state index in [0.29, 0.717) is 6.04 Å². The highest BCUT2D eigenvalue weighted by Gasteiger charge is 2.07. The van der Waals surface area contributed by atoms with E-state index in [-0.39, 0.29) is 0 Å². The molecule has 0 amide bonds. The molecule has 0 aliphatic rings. The minimum Gasteiger partial charge on any atom is -0.308 e. The van der Waals surface area contributed by atoms with Crippen molar-refractivity contribution >= 4 is 11.3 Å². The lowest BCUT2D eigenvalue weighted by atomic mass is 10.3. The van der Waals surface area contributed by atoms with E-state index in [9.17, 15) is 0 Å². The Morgan fingerprint density at radius 2 is 2.20 bits per heavy atom. The van der Waals surface area contributed by atoms with Crippen molar-refractivity contribution in [2.75, 3.05) is 7.05 Å². The number of aromatic nitrogens is 3. The molecule has 0 spiro atoms. The van der Waals surface area contributed by atoms with Gasteiger partial charge in [0.1, 0.15) is 5.01 Å². The van der Waals surface area contributed by atoms with E-state index in [1.807, 2.05) is 17.9 Å². The Bertz CT molecular complexity index is 531. The van der Waals surface area contributed by atoms with Crippen LogP contribution in [0.1, 0.15) is 30.1 Å². The zero-order valence-corrected chi connectivity index (χ0v) is 13.4. The van der Waals surface area contributed by atoms with Gasteiger partial charge in [-0.25, -0.2) is 4.98 Å². The molecule has 1 N–H and O–H groups in total. The molecule has 0 bridgehead atoms. The van der Waals surface area contributed by atoms with Crippen LogP contribution in [-0.2, 0) is 26.7 Å². The van der Waals surface area contributed by atoms with Crippen LogP contribution in [0.25, 0.3) is 0 Å². The fraction of sp³-hybridized carbons (Fsp3) is 0.571. The van der Waals surface area contributed by atoms with E-state index in [4.69, 9.17) is 0 Å². The minimum absolute atomic E-state index is 0.496. The molecule has 20 heavy (non-hydrogen) atoms. The third kappa shape index (κ3) is 4.70. The van der Waals surface area contributed by atoms with Crippen molar-refractivity contribution in [3.05, 3.63) is 34.0 Å². The first kappa shape index (κ1) is 15.2. The Kier molecular flexibility index (Phi) is 5.28. The molecule has 5 nitrogen and oxygen atoms in total. The summed E-state index contributed by atoms with van der Waals surface area (Å²) in [6, 6.07) is 0.496. The zero-order valence-electron chi connectivity index (χ0n) is 12.6. The van der Waals surface area contributed by atoms with Gasteiger partial charge in [0.05, 0.1) is 11.9 Å². The highest BCUT2D eigenvalue weighted by atomic mass is 32.1. The number of nitrogens with zero attached hydrogens (tertiary/aromatic N) is 4. The van der Waals surface area contributed by atoms with Crippen LogP contribution in [0.5, 0.6) is 0 Å². The summed E-state index contributed by atoms with van der Waals surface area (Å²) in [6.07, 6.45) is 3.96. The van der Waals surface area contributed by atoms with E-state index in [2.05, 4.69) is 52.8 Å². The molecule has 2 rings (SSSR count). The summed E-state index contributed by atoms with van der Waals surface area (Å²) in [7, 11) is 4.05. The number of hydrogen-bond acceptors (Lipinski definition) is 5. The first-order valence-corrected chi connectivity index (χ1v) is 7.73. The summed E-state index contributed by atoms with van der Waals surface area (Å²) in [4.78, 5) is 6.92.